The van der Waals surface area contributed by atoms with E-state index in [1.807, 2.05) is 13.8 Å². The third-order valence-corrected chi connectivity index (χ3v) is 4.54. The molecule has 0 saturated carbocycles. The predicted molar refractivity (Wildman–Crippen MR) is 100.0 cm³/mol. The first kappa shape index (κ1) is 21.5. The Balaban J connectivity index is 1.99. The van der Waals surface area contributed by atoms with Gasteiger partial charge in [-0.15, -0.1) is 9.39 Å². The van der Waals surface area contributed by atoms with Crippen LogP contribution in [-0.2, 0) is 16.1 Å². The highest BCUT2D eigenvalue weighted by atomic mass is 19.2. The number of ether oxygens (including phenoxy) is 1. The van der Waals surface area contributed by atoms with E-state index in [0.29, 0.717) is 18.5 Å². The molecule has 1 fully saturated rings. The average molecular weight is 396 g/mol. The summed E-state index contributed by atoms with van der Waals surface area (Å²) in [6.07, 6.45) is -0.245. The predicted octanol–water partition coefficient (Wildman–Crippen LogP) is 3.05. The van der Waals surface area contributed by atoms with Crippen LogP contribution in [0.25, 0.3) is 0 Å². The summed E-state index contributed by atoms with van der Waals surface area (Å²) in [6.45, 7) is 4.10. The second-order valence-corrected chi connectivity index (χ2v) is 7.50. The van der Waals surface area contributed by atoms with Crippen LogP contribution in [0, 0.1) is 10.3 Å². The molecule has 154 valence electrons. The van der Waals surface area contributed by atoms with Gasteiger partial charge in [-0.1, -0.05) is 19.9 Å². The lowest BCUT2D eigenvalue weighted by molar-refractivity contribution is -0.116. The normalized spacial score (nSPS) is 18.4. The van der Waals surface area contributed by atoms with Crippen molar-refractivity contribution in [1.29, 1.82) is 0 Å². The zero-order valence-corrected chi connectivity index (χ0v) is 15.9. The van der Waals surface area contributed by atoms with Gasteiger partial charge in [-0.2, -0.15) is 5.54 Å². The van der Waals surface area contributed by atoms with E-state index in [4.69, 9.17) is 4.74 Å². The Morgan fingerprint density at radius 3 is 2.86 bits per heavy atom. The van der Waals surface area contributed by atoms with Gasteiger partial charge in [-0.25, -0.2) is 4.79 Å². The van der Waals surface area contributed by atoms with E-state index in [-0.39, 0.29) is 36.4 Å². The maximum absolute atomic E-state index is 12.4. The number of rotatable bonds is 7. The zero-order valence-electron chi connectivity index (χ0n) is 15.9. The number of anilines is 1. The standard InChI is InChI=1S/C18H25FN4O5/c1-18(2)7-5-15(22-27)23(11-18)17(26)28-10-12-3-4-14(24)13(9-12)21-16(25)6-8-20-19/h3-4,9,15,20,24H,5-8,10-11H2,1-2H3,(H,21,25). The number of likely N-dealkylation sites (tertiary alicyclic amines) is 1. The molecule has 0 aliphatic carbocycles. The van der Waals surface area contributed by atoms with Crippen molar-refractivity contribution in [2.24, 2.45) is 10.6 Å². The molecular weight excluding hydrogens is 371 g/mol. The molecular formula is C18H25FN4O5. The van der Waals surface area contributed by atoms with Crippen LogP contribution in [-0.4, -0.2) is 41.3 Å². The van der Waals surface area contributed by atoms with Crippen molar-refractivity contribution >= 4 is 17.7 Å². The first-order chi connectivity index (χ1) is 13.3. The Kier molecular flexibility index (Phi) is 7.27. The maximum Gasteiger partial charge on any atom is 0.411 e. The molecule has 1 atom stereocenters. The summed E-state index contributed by atoms with van der Waals surface area (Å²) in [4.78, 5) is 36.4. The lowest BCUT2D eigenvalue weighted by Gasteiger charge is -2.39. The second-order valence-electron chi connectivity index (χ2n) is 7.50. The number of piperidine rings is 1. The first-order valence-electron chi connectivity index (χ1n) is 8.97. The molecule has 2 rings (SSSR count). The number of aromatic hydroxyl groups is 1. The van der Waals surface area contributed by atoms with Gasteiger partial charge in [-0.3, -0.25) is 9.69 Å². The van der Waals surface area contributed by atoms with Crippen molar-refractivity contribution in [3.63, 3.8) is 0 Å². The average Bonchev–Trinajstić information content (AvgIpc) is 2.66. The fraction of sp³-hybridized carbons (Fsp3) is 0.556. The van der Waals surface area contributed by atoms with E-state index in [2.05, 4.69) is 10.5 Å². The van der Waals surface area contributed by atoms with E-state index < -0.39 is 18.2 Å². The van der Waals surface area contributed by atoms with Crippen molar-refractivity contribution < 1.29 is 23.9 Å². The molecule has 3 N–H and O–H groups in total. The number of phenols is 1. The van der Waals surface area contributed by atoms with Crippen molar-refractivity contribution in [2.45, 2.75) is 45.9 Å². The molecule has 2 amide bonds. The van der Waals surface area contributed by atoms with Crippen molar-refractivity contribution in [2.75, 3.05) is 18.4 Å². The number of hydrogen-bond donors (Lipinski definition) is 3. The smallest absolute Gasteiger partial charge is 0.411 e. The Morgan fingerprint density at radius 2 is 2.18 bits per heavy atom. The highest BCUT2D eigenvalue weighted by Crippen LogP contribution is 2.33. The number of carbonyl (C=O) groups excluding carboxylic acids is 2. The number of nitrogens with zero attached hydrogens (tertiary/aromatic N) is 2. The van der Waals surface area contributed by atoms with Crippen molar-refractivity contribution in [1.82, 2.24) is 10.4 Å². The van der Waals surface area contributed by atoms with Crippen LogP contribution in [0.15, 0.2) is 23.4 Å². The molecule has 1 saturated heterocycles. The summed E-state index contributed by atoms with van der Waals surface area (Å²) >= 11 is 0. The summed E-state index contributed by atoms with van der Waals surface area (Å²) in [5.74, 6) is -0.648. The molecule has 0 spiro atoms. The van der Waals surface area contributed by atoms with Gasteiger partial charge in [0, 0.05) is 19.5 Å². The van der Waals surface area contributed by atoms with Crippen LogP contribution < -0.4 is 10.9 Å². The van der Waals surface area contributed by atoms with Crippen LogP contribution in [0.2, 0.25) is 0 Å². The molecule has 28 heavy (non-hydrogen) atoms. The largest absolute Gasteiger partial charge is 0.506 e. The van der Waals surface area contributed by atoms with Gasteiger partial charge in [-0.05, 0) is 41.1 Å². The Morgan fingerprint density at radius 1 is 1.43 bits per heavy atom. The number of nitroso groups, excluding NO2 is 1. The third kappa shape index (κ3) is 5.88. The Hall–Kier alpha value is -2.75. The minimum Gasteiger partial charge on any atom is -0.506 e. The van der Waals surface area contributed by atoms with E-state index in [1.165, 1.54) is 28.6 Å². The topological polar surface area (TPSA) is 120 Å². The number of benzene rings is 1. The quantitative estimate of drug-likeness (QED) is 0.370. The van der Waals surface area contributed by atoms with Gasteiger partial charge in [0.15, 0.2) is 6.17 Å². The Labute approximate surface area is 162 Å². The van der Waals surface area contributed by atoms with Gasteiger partial charge < -0.3 is 15.2 Å². The highest BCUT2D eigenvalue weighted by Gasteiger charge is 2.37. The van der Waals surface area contributed by atoms with Gasteiger partial charge in [0.1, 0.15) is 12.4 Å². The highest BCUT2D eigenvalue weighted by molar-refractivity contribution is 5.92. The molecule has 1 aromatic rings. The van der Waals surface area contributed by atoms with Gasteiger partial charge in [0.05, 0.1) is 5.69 Å². The number of hydrogen-bond acceptors (Lipinski definition) is 7. The SMILES string of the molecule is CC1(C)CCC(N=O)N(C(=O)OCc2ccc(O)c(NC(=O)CCNF)c2)C1. The minimum atomic E-state index is -0.751. The summed E-state index contributed by atoms with van der Waals surface area (Å²) < 4.78 is 17.2. The molecule has 10 heteroatoms. The van der Waals surface area contributed by atoms with Crippen molar-refractivity contribution in [3.05, 3.63) is 28.7 Å². The molecule has 0 radical (unpaired) electrons. The molecule has 0 bridgehead atoms. The number of halogens is 1. The fourth-order valence-electron chi connectivity index (χ4n) is 2.99. The lowest BCUT2D eigenvalue weighted by atomic mass is 9.83. The number of nitrogens with one attached hydrogen (secondary N) is 2. The monoisotopic (exact) mass is 396 g/mol. The first-order valence-corrected chi connectivity index (χ1v) is 8.97. The molecule has 1 unspecified atom stereocenters. The third-order valence-electron chi connectivity index (χ3n) is 4.54. The van der Waals surface area contributed by atoms with Crippen LogP contribution >= 0.6 is 0 Å². The van der Waals surface area contributed by atoms with E-state index in [1.54, 1.807) is 0 Å². The number of phenolic OH excluding ortho intramolecular Hbond substituents is 1. The van der Waals surface area contributed by atoms with Gasteiger partial charge in [0.2, 0.25) is 5.91 Å². The van der Waals surface area contributed by atoms with Gasteiger partial charge in [0.25, 0.3) is 0 Å². The molecule has 1 aliphatic rings. The number of carbonyl (C=O) groups is 2. The fourth-order valence-corrected chi connectivity index (χ4v) is 2.99. The molecule has 9 nitrogen and oxygen atoms in total. The zero-order chi connectivity index (χ0) is 20.7. The van der Waals surface area contributed by atoms with Crippen molar-refractivity contribution in [3.8, 4) is 5.75 Å². The van der Waals surface area contributed by atoms with Crippen LogP contribution in [0.4, 0.5) is 15.0 Å². The summed E-state index contributed by atoms with van der Waals surface area (Å²) in [5, 5.41) is 15.3. The van der Waals surface area contributed by atoms with Crippen LogP contribution in [0.3, 0.4) is 0 Å². The molecule has 1 aliphatic heterocycles. The van der Waals surface area contributed by atoms with E-state index >= 15 is 0 Å². The summed E-state index contributed by atoms with van der Waals surface area (Å²) in [7, 11) is 0. The summed E-state index contributed by atoms with van der Waals surface area (Å²) in [6, 6.07) is 4.35. The minimum absolute atomic E-state index is 0.111. The molecule has 0 aromatic heterocycles. The molecule has 1 aromatic carbocycles. The lowest BCUT2D eigenvalue weighted by Crippen LogP contribution is -2.49. The van der Waals surface area contributed by atoms with E-state index in [0.717, 1.165) is 6.42 Å². The molecule has 1 heterocycles. The van der Waals surface area contributed by atoms with Crippen LogP contribution in [0.5, 0.6) is 5.75 Å². The van der Waals surface area contributed by atoms with Crippen LogP contribution in [0.1, 0.15) is 38.7 Å². The number of amides is 2. The maximum atomic E-state index is 12.4. The van der Waals surface area contributed by atoms with Gasteiger partial charge >= 0.3 is 6.09 Å². The Bertz CT molecular complexity index is 728. The van der Waals surface area contributed by atoms with E-state index in [9.17, 15) is 24.1 Å². The summed E-state index contributed by atoms with van der Waals surface area (Å²) in [5.41, 5.74) is 1.89. The second kappa shape index (κ2) is 9.45.